The fourth-order valence-corrected chi connectivity index (χ4v) is 1.42. The molecule has 0 aliphatic heterocycles. The molecule has 6 heteroatoms. The lowest BCUT2D eigenvalue weighted by Gasteiger charge is -2.17. The number of carbonyl (C=O) groups is 1. The summed E-state index contributed by atoms with van der Waals surface area (Å²) in [5.74, 6) is 0. The second kappa shape index (κ2) is 8.10. The van der Waals surface area contributed by atoms with Crippen LogP contribution in [0.15, 0.2) is 29.4 Å². The molecule has 0 fully saturated rings. The van der Waals surface area contributed by atoms with Crippen LogP contribution in [-0.2, 0) is 4.74 Å². The number of likely N-dealkylation sites (N-methyl/N-ethyl adjacent to an activating group) is 1. The lowest BCUT2D eigenvalue weighted by Crippen LogP contribution is -2.21. The van der Waals surface area contributed by atoms with Crippen LogP contribution >= 0.6 is 0 Å². The quantitative estimate of drug-likeness (QED) is 0.598. The smallest absolute Gasteiger partial charge is 0.427 e. The Morgan fingerprint density at radius 3 is 2.74 bits per heavy atom. The number of rotatable bonds is 6. The van der Waals surface area contributed by atoms with Crippen LogP contribution in [0.25, 0.3) is 0 Å². The maximum atomic E-state index is 11.0. The number of ether oxygens (including phenoxy) is 1. The minimum Gasteiger partial charge on any atom is -0.449 e. The van der Waals surface area contributed by atoms with E-state index in [1.165, 1.54) is 6.21 Å². The summed E-state index contributed by atoms with van der Waals surface area (Å²) in [6.45, 7) is 2.74. The molecule has 0 saturated heterocycles. The van der Waals surface area contributed by atoms with Crippen molar-refractivity contribution < 1.29 is 14.6 Å². The van der Waals surface area contributed by atoms with E-state index >= 15 is 0 Å². The average molecular weight is 265 g/mol. The van der Waals surface area contributed by atoms with Gasteiger partial charge >= 0.3 is 6.09 Å². The zero-order valence-corrected chi connectivity index (χ0v) is 11.2. The second-order valence-electron chi connectivity index (χ2n) is 3.83. The van der Waals surface area contributed by atoms with E-state index < -0.39 is 6.09 Å². The Morgan fingerprint density at radius 1 is 1.47 bits per heavy atom. The minimum absolute atomic E-state index is 0.114. The zero-order chi connectivity index (χ0) is 14.1. The van der Waals surface area contributed by atoms with Gasteiger partial charge in [-0.2, -0.15) is 5.10 Å². The lowest BCUT2D eigenvalue weighted by atomic mass is 10.2. The topological polar surface area (TPSA) is 74.2 Å². The molecule has 2 N–H and O–H groups in total. The van der Waals surface area contributed by atoms with Gasteiger partial charge in [-0.3, -0.25) is 0 Å². The molecule has 0 atom stereocenters. The van der Waals surface area contributed by atoms with Crippen LogP contribution in [0, 0.1) is 0 Å². The number of anilines is 1. The Morgan fingerprint density at radius 2 is 2.16 bits per heavy atom. The predicted octanol–water partition coefficient (Wildman–Crippen LogP) is 1.20. The Bertz CT molecular complexity index is 418. The third-order valence-corrected chi connectivity index (χ3v) is 2.41. The molecular formula is C13H19N3O3. The van der Waals surface area contributed by atoms with Crippen molar-refractivity contribution in [3.05, 3.63) is 29.8 Å². The van der Waals surface area contributed by atoms with Crippen LogP contribution in [0.3, 0.4) is 0 Å². The van der Waals surface area contributed by atoms with Gasteiger partial charge in [0.1, 0.15) is 0 Å². The molecule has 6 nitrogen and oxygen atoms in total. The van der Waals surface area contributed by atoms with E-state index in [-0.39, 0.29) is 6.61 Å². The molecule has 0 bridgehead atoms. The Labute approximate surface area is 112 Å². The van der Waals surface area contributed by atoms with Gasteiger partial charge in [-0.15, -0.1) is 0 Å². The first-order valence-corrected chi connectivity index (χ1v) is 6.05. The third-order valence-electron chi connectivity index (χ3n) is 2.41. The van der Waals surface area contributed by atoms with Crippen LogP contribution in [0.4, 0.5) is 10.5 Å². The number of carbonyl (C=O) groups excluding carboxylic acids is 1. The van der Waals surface area contributed by atoms with Crippen LogP contribution in [0.2, 0.25) is 0 Å². The van der Waals surface area contributed by atoms with E-state index in [1.54, 1.807) is 6.92 Å². The van der Waals surface area contributed by atoms with Crippen molar-refractivity contribution in [2.24, 2.45) is 5.10 Å². The van der Waals surface area contributed by atoms with Gasteiger partial charge in [-0.25, -0.2) is 10.2 Å². The first-order valence-electron chi connectivity index (χ1n) is 6.05. The minimum atomic E-state index is -0.571. The summed E-state index contributed by atoms with van der Waals surface area (Å²) in [6.07, 6.45) is 0.963. The van der Waals surface area contributed by atoms with Gasteiger partial charge in [0, 0.05) is 19.3 Å². The van der Waals surface area contributed by atoms with Gasteiger partial charge in [0.25, 0.3) is 0 Å². The molecular weight excluding hydrogens is 246 g/mol. The van der Waals surface area contributed by atoms with Gasteiger partial charge in [-0.05, 0) is 24.6 Å². The number of hydrogen-bond donors (Lipinski definition) is 2. The van der Waals surface area contributed by atoms with Crippen LogP contribution < -0.4 is 10.3 Å². The summed E-state index contributed by atoms with van der Waals surface area (Å²) >= 11 is 0. The van der Waals surface area contributed by atoms with E-state index in [1.807, 2.05) is 36.2 Å². The van der Waals surface area contributed by atoms with Gasteiger partial charge in [0.2, 0.25) is 0 Å². The summed E-state index contributed by atoms with van der Waals surface area (Å²) in [6, 6.07) is 7.59. The SMILES string of the molecule is CCOC(=O)NN=Cc1ccc(N(C)CCO)cc1. The van der Waals surface area contributed by atoms with Gasteiger partial charge < -0.3 is 14.7 Å². The summed E-state index contributed by atoms with van der Waals surface area (Å²) in [7, 11) is 1.90. The molecule has 0 radical (unpaired) electrons. The Kier molecular flexibility index (Phi) is 6.38. The predicted molar refractivity (Wildman–Crippen MR) is 74.5 cm³/mol. The van der Waals surface area contributed by atoms with Crippen molar-refractivity contribution >= 4 is 18.0 Å². The fourth-order valence-electron chi connectivity index (χ4n) is 1.42. The number of amides is 1. The molecule has 19 heavy (non-hydrogen) atoms. The normalized spacial score (nSPS) is 10.5. The van der Waals surface area contributed by atoms with E-state index in [0.717, 1.165) is 11.3 Å². The highest BCUT2D eigenvalue weighted by Crippen LogP contribution is 2.12. The van der Waals surface area contributed by atoms with Crippen molar-refractivity contribution in [1.82, 2.24) is 5.43 Å². The Hall–Kier alpha value is -2.08. The summed E-state index contributed by atoms with van der Waals surface area (Å²) in [5.41, 5.74) is 4.12. The van der Waals surface area contributed by atoms with Crippen molar-refractivity contribution in [1.29, 1.82) is 0 Å². The van der Waals surface area contributed by atoms with Gasteiger partial charge in [0.15, 0.2) is 0 Å². The summed E-state index contributed by atoms with van der Waals surface area (Å²) < 4.78 is 4.66. The van der Waals surface area contributed by atoms with Crippen molar-refractivity contribution in [2.45, 2.75) is 6.92 Å². The molecule has 0 unspecified atom stereocenters. The number of nitrogens with zero attached hydrogens (tertiary/aromatic N) is 2. The average Bonchev–Trinajstić information content (AvgIpc) is 2.40. The first-order chi connectivity index (χ1) is 9.17. The highest BCUT2D eigenvalue weighted by Gasteiger charge is 1.99. The van der Waals surface area contributed by atoms with Crippen molar-refractivity contribution in [3.63, 3.8) is 0 Å². The molecule has 1 aromatic carbocycles. The third kappa shape index (κ3) is 5.39. The number of hydrogen-bond acceptors (Lipinski definition) is 5. The van der Waals surface area contributed by atoms with E-state index in [9.17, 15) is 4.79 Å². The molecule has 1 rings (SSSR count). The van der Waals surface area contributed by atoms with Gasteiger partial charge in [0.05, 0.1) is 19.4 Å². The number of nitrogens with one attached hydrogen (secondary N) is 1. The second-order valence-corrected chi connectivity index (χ2v) is 3.83. The first kappa shape index (κ1) is 15.0. The van der Waals surface area contributed by atoms with E-state index in [2.05, 4.69) is 15.3 Å². The van der Waals surface area contributed by atoms with Crippen molar-refractivity contribution in [2.75, 3.05) is 31.7 Å². The highest BCUT2D eigenvalue weighted by molar-refractivity contribution is 5.81. The molecule has 1 aromatic rings. The monoisotopic (exact) mass is 265 g/mol. The molecule has 0 spiro atoms. The number of hydrazone groups is 1. The van der Waals surface area contributed by atoms with E-state index in [0.29, 0.717) is 13.2 Å². The van der Waals surface area contributed by atoms with Crippen LogP contribution in [0.1, 0.15) is 12.5 Å². The number of benzene rings is 1. The van der Waals surface area contributed by atoms with E-state index in [4.69, 9.17) is 5.11 Å². The maximum absolute atomic E-state index is 11.0. The molecule has 0 aliphatic rings. The zero-order valence-electron chi connectivity index (χ0n) is 11.2. The van der Waals surface area contributed by atoms with Gasteiger partial charge in [-0.1, -0.05) is 12.1 Å². The van der Waals surface area contributed by atoms with Crippen molar-refractivity contribution in [3.8, 4) is 0 Å². The molecule has 0 aliphatic carbocycles. The molecule has 104 valence electrons. The summed E-state index contributed by atoms with van der Waals surface area (Å²) in [4.78, 5) is 12.9. The summed E-state index contributed by atoms with van der Waals surface area (Å²) in [5, 5.41) is 12.6. The maximum Gasteiger partial charge on any atom is 0.427 e. The lowest BCUT2D eigenvalue weighted by molar-refractivity contribution is 0.152. The van der Waals surface area contributed by atoms with Crippen LogP contribution in [0.5, 0.6) is 0 Å². The largest absolute Gasteiger partial charge is 0.449 e. The fraction of sp³-hybridized carbons (Fsp3) is 0.385. The number of aliphatic hydroxyl groups excluding tert-OH is 1. The molecule has 0 aromatic heterocycles. The number of aliphatic hydroxyl groups is 1. The standard InChI is InChI=1S/C13H19N3O3/c1-3-19-13(18)15-14-10-11-4-6-12(7-5-11)16(2)8-9-17/h4-7,10,17H,3,8-9H2,1-2H3,(H,15,18). The molecule has 0 heterocycles. The Balaban J connectivity index is 2.52. The molecule has 0 saturated carbocycles. The highest BCUT2D eigenvalue weighted by atomic mass is 16.5. The van der Waals surface area contributed by atoms with Crippen LogP contribution in [-0.4, -0.2) is 44.2 Å². The molecule has 1 amide bonds.